The second-order valence-electron chi connectivity index (χ2n) is 7.64. The topological polar surface area (TPSA) is 65.2 Å². The maximum Gasteiger partial charge on any atom is 0.174 e. The zero-order valence-electron chi connectivity index (χ0n) is 16.9. The third-order valence-corrected chi connectivity index (χ3v) is 6.79. The highest BCUT2D eigenvalue weighted by molar-refractivity contribution is 7.13. The van der Waals surface area contributed by atoms with Gasteiger partial charge in [0.1, 0.15) is 11.5 Å². The fraction of sp³-hybridized carbons (Fsp3) is 0.435. The fourth-order valence-electron chi connectivity index (χ4n) is 3.86. The summed E-state index contributed by atoms with van der Waals surface area (Å²) in [5.74, 6) is 1.51. The third-order valence-electron chi connectivity index (χ3n) is 5.53. The van der Waals surface area contributed by atoms with E-state index < -0.39 is 0 Å². The molecule has 1 fully saturated rings. The number of rotatable bonds is 7. The lowest BCUT2D eigenvalue weighted by Gasteiger charge is -2.20. The maximum atomic E-state index is 12.8. The van der Waals surface area contributed by atoms with Crippen LogP contribution in [0.25, 0.3) is 11.3 Å². The second-order valence-corrected chi connectivity index (χ2v) is 8.72. The first-order valence-corrected chi connectivity index (χ1v) is 11.0. The molecule has 2 aromatic heterocycles. The van der Waals surface area contributed by atoms with Gasteiger partial charge in [-0.25, -0.2) is 4.98 Å². The summed E-state index contributed by atoms with van der Waals surface area (Å²) in [4.78, 5) is 18.3. The summed E-state index contributed by atoms with van der Waals surface area (Å²) in [6.45, 7) is 5.43. The van der Waals surface area contributed by atoms with Crippen molar-refractivity contribution in [2.75, 3.05) is 13.2 Å². The number of carbonyl (C=O) groups is 1. The van der Waals surface area contributed by atoms with Crippen LogP contribution in [-0.4, -0.2) is 29.1 Å². The Morgan fingerprint density at radius 1 is 1.14 bits per heavy atom. The monoisotopic (exact) mass is 410 g/mol. The van der Waals surface area contributed by atoms with Gasteiger partial charge in [-0.05, 0) is 39.0 Å². The van der Waals surface area contributed by atoms with E-state index in [0.29, 0.717) is 12.3 Å². The standard InChI is InChI=1S/C23H26N2O3S/c1-15-23(20(26)14-17-10-12-27-13-11-17)29-21(24-15)9-8-19-16(2)28-25-22(19)18-6-4-3-5-7-18/h3-7,17H,8-14H2,1-2H3. The number of hydrogen-bond donors (Lipinski definition) is 0. The largest absolute Gasteiger partial charge is 0.381 e. The van der Waals surface area contributed by atoms with Gasteiger partial charge >= 0.3 is 0 Å². The highest BCUT2D eigenvalue weighted by atomic mass is 32.1. The molecule has 5 nitrogen and oxygen atoms in total. The Hall–Kier alpha value is -2.31. The Morgan fingerprint density at radius 3 is 2.66 bits per heavy atom. The highest BCUT2D eigenvalue weighted by Gasteiger charge is 2.22. The van der Waals surface area contributed by atoms with Crippen LogP contribution in [0.5, 0.6) is 0 Å². The average molecular weight is 411 g/mol. The van der Waals surface area contributed by atoms with Crippen molar-refractivity contribution in [2.45, 2.75) is 46.0 Å². The molecule has 4 rings (SSSR count). The number of hydrogen-bond acceptors (Lipinski definition) is 6. The number of thiazole rings is 1. The van der Waals surface area contributed by atoms with Crippen LogP contribution >= 0.6 is 11.3 Å². The molecule has 1 aliphatic rings. The van der Waals surface area contributed by atoms with Crippen LogP contribution in [0.3, 0.4) is 0 Å². The second kappa shape index (κ2) is 9.01. The number of Topliss-reactive ketones (excluding diaryl/α,β-unsaturated/α-hetero) is 1. The van der Waals surface area contributed by atoms with Crippen molar-refractivity contribution in [1.29, 1.82) is 0 Å². The number of aryl methyl sites for hydroxylation is 3. The smallest absolute Gasteiger partial charge is 0.174 e. The number of ketones is 1. The molecule has 1 aromatic carbocycles. The summed E-state index contributed by atoms with van der Waals surface area (Å²) in [5, 5.41) is 5.26. The van der Waals surface area contributed by atoms with Gasteiger partial charge in [0, 0.05) is 37.2 Å². The number of nitrogens with zero attached hydrogens (tertiary/aromatic N) is 2. The first kappa shape index (κ1) is 20.0. The van der Waals surface area contributed by atoms with Gasteiger partial charge in [0.2, 0.25) is 0 Å². The van der Waals surface area contributed by atoms with E-state index in [4.69, 9.17) is 9.26 Å². The van der Waals surface area contributed by atoms with E-state index in [1.165, 1.54) is 0 Å². The lowest BCUT2D eigenvalue weighted by Crippen LogP contribution is -2.18. The van der Waals surface area contributed by atoms with Crippen molar-refractivity contribution < 1.29 is 14.1 Å². The minimum Gasteiger partial charge on any atom is -0.381 e. The van der Waals surface area contributed by atoms with Gasteiger partial charge in [-0.15, -0.1) is 11.3 Å². The molecule has 152 valence electrons. The summed E-state index contributed by atoms with van der Waals surface area (Å²) in [6.07, 6.45) is 4.13. The van der Waals surface area contributed by atoms with Crippen molar-refractivity contribution in [3.63, 3.8) is 0 Å². The lowest BCUT2D eigenvalue weighted by molar-refractivity contribution is 0.0602. The summed E-state index contributed by atoms with van der Waals surface area (Å²) in [7, 11) is 0. The zero-order chi connectivity index (χ0) is 20.2. The molecule has 1 aliphatic heterocycles. The van der Waals surface area contributed by atoms with Gasteiger partial charge in [0.05, 0.1) is 15.6 Å². The first-order valence-electron chi connectivity index (χ1n) is 10.2. The molecule has 29 heavy (non-hydrogen) atoms. The van der Waals surface area contributed by atoms with E-state index in [-0.39, 0.29) is 5.78 Å². The van der Waals surface area contributed by atoms with E-state index in [2.05, 4.69) is 10.1 Å². The predicted octanol–water partition coefficient (Wildman–Crippen LogP) is 5.20. The molecular weight excluding hydrogens is 384 g/mol. The van der Waals surface area contributed by atoms with Crippen molar-refractivity contribution in [3.05, 3.63) is 57.2 Å². The van der Waals surface area contributed by atoms with Crippen molar-refractivity contribution in [1.82, 2.24) is 10.1 Å². The molecule has 3 heterocycles. The molecule has 0 aliphatic carbocycles. The van der Waals surface area contributed by atoms with Gasteiger partial charge in [0.15, 0.2) is 5.78 Å². The van der Waals surface area contributed by atoms with Crippen LogP contribution in [0, 0.1) is 19.8 Å². The van der Waals surface area contributed by atoms with E-state index in [1.54, 1.807) is 11.3 Å². The number of aromatic nitrogens is 2. The van der Waals surface area contributed by atoms with Crippen LogP contribution in [0.2, 0.25) is 0 Å². The Labute approximate surface area is 175 Å². The number of carbonyl (C=O) groups excluding carboxylic acids is 1. The van der Waals surface area contributed by atoms with Crippen LogP contribution in [0.15, 0.2) is 34.9 Å². The average Bonchev–Trinajstić information content (AvgIpc) is 3.30. The molecule has 0 N–H and O–H groups in total. The highest BCUT2D eigenvalue weighted by Crippen LogP contribution is 2.29. The van der Waals surface area contributed by atoms with E-state index in [0.717, 1.165) is 77.1 Å². The number of benzene rings is 1. The van der Waals surface area contributed by atoms with Gasteiger partial charge in [-0.1, -0.05) is 35.5 Å². The Bertz CT molecular complexity index is 971. The molecule has 0 radical (unpaired) electrons. The molecule has 0 bridgehead atoms. The van der Waals surface area contributed by atoms with E-state index in [9.17, 15) is 4.79 Å². The van der Waals surface area contributed by atoms with Crippen molar-refractivity contribution in [2.24, 2.45) is 5.92 Å². The number of ether oxygens (including phenoxy) is 1. The maximum absolute atomic E-state index is 12.8. The van der Waals surface area contributed by atoms with Gasteiger partial charge in [0.25, 0.3) is 0 Å². The molecule has 0 unspecified atom stereocenters. The minimum atomic E-state index is 0.226. The molecule has 3 aromatic rings. The van der Waals surface area contributed by atoms with Crippen LogP contribution in [0.4, 0.5) is 0 Å². The van der Waals surface area contributed by atoms with Crippen LogP contribution in [0.1, 0.15) is 51.0 Å². The molecule has 0 saturated carbocycles. The SMILES string of the molecule is Cc1nc(CCc2c(-c3ccccc3)noc2C)sc1C(=O)CC1CCOCC1. The quantitative estimate of drug-likeness (QED) is 0.501. The van der Waals surface area contributed by atoms with Crippen molar-refractivity contribution in [3.8, 4) is 11.3 Å². The fourth-order valence-corrected chi connectivity index (χ4v) is 4.88. The van der Waals surface area contributed by atoms with E-state index >= 15 is 0 Å². The Kier molecular flexibility index (Phi) is 6.21. The molecule has 0 atom stereocenters. The van der Waals surface area contributed by atoms with Crippen molar-refractivity contribution >= 4 is 17.1 Å². The summed E-state index contributed by atoms with van der Waals surface area (Å²) in [5.41, 5.74) is 3.92. The summed E-state index contributed by atoms with van der Waals surface area (Å²) < 4.78 is 10.9. The van der Waals surface area contributed by atoms with Crippen LogP contribution in [-0.2, 0) is 17.6 Å². The zero-order valence-corrected chi connectivity index (χ0v) is 17.8. The van der Waals surface area contributed by atoms with E-state index in [1.807, 2.05) is 44.2 Å². The molecule has 6 heteroatoms. The molecule has 1 saturated heterocycles. The summed E-state index contributed by atoms with van der Waals surface area (Å²) >= 11 is 1.54. The van der Waals surface area contributed by atoms with Crippen LogP contribution < -0.4 is 0 Å². The van der Waals surface area contributed by atoms with Gasteiger partial charge < -0.3 is 9.26 Å². The molecule has 0 amide bonds. The minimum absolute atomic E-state index is 0.226. The Morgan fingerprint density at radius 2 is 1.90 bits per heavy atom. The summed E-state index contributed by atoms with van der Waals surface area (Å²) in [6, 6.07) is 10.1. The Balaban J connectivity index is 1.44. The third kappa shape index (κ3) is 4.65. The normalized spacial score (nSPS) is 15.0. The first-order chi connectivity index (χ1) is 14.1. The molecular formula is C23H26N2O3S. The lowest BCUT2D eigenvalue weighted by atomic mass is 9.94. The van der Waals surface area contributed by atoms with Gasteiger partial charge in [-0.3, -0.25) is 4.79 Å². The predicted molar refractivity (Wildman–Crippen MR) is 113 cm³/mol. The van der Waals surface area contributed by atoms with Gasteiger partial charge in [-0.2, -0.15) is 0 Å². The molecule has 0 spiro atoms.